The Morgan fingerprint density at radius 1 is 1.24 bits per heavy atom. The minimum absolute atomic E-state index is 0.151. The summed E-state index contributed by atoms with van der Waals surface area (Å²) in [5.74, 6) is 0.868. The Morgan fingerprint density at radius 3 is 2.84 bits per heavy atom. The zero-order valence-electron chi connectivity index (χ0n) is 14.5. The van der Waals surface area contributed by atoms with E-state index in [-0.39, 0.29) is 5.75 Å². The van der Waals surface area contributed by atoms with Crippen LogP contribution in [0.4, 0.5) is 5.95 Å². The Hall–Kier alpha value is -2.89. The van der Waals surface area contributed by atoms with Crippen molar-refractivity contribution >= 4 is 23.3 Å². The molecule has 0 spiro atoms. The van der Waals surface area contributed by atoms with Gasteiger partial charge in [-0.1, -0.05) is 13.3 Å². The highest BCUT2D eigenvalue weighted by Gasteiger charge is 2.14. The number of hydrogen-bond donors (Lipinski definition) is 2. The fraction of sp³-hybridized carbons (Fsp3) is 0.316. The zero-order chi connectivity index (χ0) is 17.8. The lowest BCUT2D eigenvalue weighted by Crippen LogP contribution is -2.10. The number of anilines is 1. The van der Waals surface area contributed by atoms with Crippen LogP contribution in [-0.4, -0.2) is 32.5 Å². The maximum absolute atomic E-state index is 11.1. The molecule has 130 valence electrons. The van der Waals surface area contributed by atoms with E-state index in [0.29, 0.717) is 23.8 Å². The first kappa shape index (κ1) is 17.0. The van der Waals surface area contributed by atoms with Crippen molar-refractivity contribution in [2.45, 2.75) is 33.2 Å². The van der Waals surface area contributed by atoms with Crippen LogP contribution in [-0.2, 0) is 6.54 Å². The number of unbranched alkanes of at least 4 members (excludes halogenated alkanes) is 1. The van der Waals surface area contributed by atoms with Crippen molar-refractivity contribution in [2.75, 3.05) is 11.9 Å². The van der Waals surface area contributed by atoms with Crippen LogP contribution in [0.15, 0.2) is 30.3 Å². The van der Waals surface area contributed by atoms with Gasteiger partial charge in [0.15, 0.2) is 0 Å². The summed E-state index contributed by atoms with van der Waals surface area (Å²) in [6.07, 6.45) is 2.95. The van der Waals surface area contributed by atoms with Crippen LogP contribution in [0.25, 0.3) is 11.0 Å². The van der Waals surface area contributed by atoms with Crippen LogP contribution in [0.3, 0.4) is 0 Å². The lowest BCUT2D eigenvalue weighted by molar-refractivity contribution is 0.112. The lowest BCUT2D eigenvalue weighted by atomic mass is 10.2. The normalized spacial score (nSPS) is 11.0. The molecule has 2 aromatic heterocycles. The molecule has 2 heterocycles. The molecule has 0 aliphatic heterocycles. The van der Waals surface area contributed by atoms with Crippen molar-refractivity contribution in [3.63, 3.8) is 0 Å². The summed E-state index contributed by atoms with van der Waals surface area (Å²) >= 11 is 0. The number of hydrogen-bond acceptors (Lipinski definition) is 5. The number of imidazole rings is 1. The third kappa shape index (κ3) is 3.63. The molecular weight excluding hydrogens is 316 g/mol. The fourth-order valence-electron chi connectivity index (χ4n) is 2.75. The molecule has 3 rings (SSSR count). The number of aromatic nitrogens is 3. The van der Waals surface area contributed by atoms with Gasteiger partial charge in [0, 0.05) is 17.8 Å². The average Bonchev–Trinajstić information content (AvgIpc) is 2.95. The van der Waals surface area contributed by atoms with E-state index in [1.807, 2.05) is 23.6 Å². The smallest absolute Gasteiger partial charge is 0.204 e. The van der Waals surface area contributed by atoms with Gasteiger partial charge in [-0.15, -0.1) is 0 Å². The molecule has 25 heavy (non-hydrogen) atoms. The monoisotopic (exact) mass is 338 g/mol. The van der Waals surface area contributed by atoms with Gasteiger partial charge in [-0.05, 0) is 43.7 Å². The molecule has 0 radical (unpaired) electrons. The van der Waals surface area contributed by atoms with E-state index in [1.165, 1.54) is 0 Å². The zero-order valence-corrected chi connectivity index (χ0v) is 14.5. The summed E-state index contributed by atoms with van der Waals surface area (Å²) in [5, 5.41) is 13.5. The molecule has 0 bridgehead atoms. The van der Waals surface area contributed by atoms with Gasteiger partial charge < -0.3 is 15.0 Å². The first-order valence-corrected chi connectivity index (χ1v) is 8.47. The quantitative estimate of drug-likeness (QED) is 0.509. The Morgan fingerprint density at radius 2 is 2.08 bits per heavy atom. The summed E-state index contributed by atoms with van der Waals surface area (Å²) in [7, 11) is 0. The number of rotatable bonds is 7. The molecule has 0 atom stereocenters. The van der Waals surface area contributed by atoms with Gasteiger partial charge in [0.25, 0.3) is 0 Å². The predicted octanol–water partition coefficient (Wildman–Crippen LogP) is 3.52. The SMILES string of the molecule is CCCCNc1nc2ccc(C=O)cc2n1Cc1nc(C)ccc1O. The van der Waals surface area contributed by atoms with E-state index in [0.717, 1.165) is 42.4 Å². The molecule has 0 amide bonds. The second-order valence-electron chi connectivity index (χ2n) is 6.09. The summed E-state index contributed by atoms with van der Waals surface area (Å²) in [5.41, 5.74) is 3.65. The van der Waals surface area contributed by atoms with Crippen LogP contribution in [0.2, 0.25) is 0 Å². The second kappa shape index (κ2) is 7.34. The summed E-state index contributed by atoms with van der Waals surface area (Å²) in [6.45, 7) is 5.21. The number of pyridine rings is 1. The fourth-order valence-corrected chi connectivity index (χ4v) is 2.75. The standard InChI is InChI=1S/C19H22N4O2/c1-3-4-9-20-19-22-15-7-6-14(12-24)10-17(15)23(19)11-16-18(25)8-5-13(2)21-16/h5-8,10,12,25H,3-4,9,11H2,1-2H3,(H,20,22). The number of aldehydes is 1. The predicted molar refractivity (Wildman–Crippen MR) is 98.3 cm³/mol. The Balaban J connectivity index is 2.06. The van der Waals surface area contributed by atoms with Crippen molar-refractivity contribution < 1.29 is 9.90 Å². The maximum atomic E-state index is 11.1. The highest BCUT2D eigenvalue weighted by atomic mass is 16.3. The van der Waals surface area contributed by atoms with Crippen molar-refractivity contribution in [3.8, 4) is 5.75 Å². The minimum Gasteiger partial charge on any atom is -0.506 e. The highest BCUT2D eigenvalue weighted by Crippen LogP contribution is 2.24. The van der Waals surface area contributed by atoms with Crippen LogP contribution < -0.4 is 5.32 Å². The lowest BCUT2D eigenvalue weighted by Gasteiger charge is -2.12. The number of nitrogens with one attached hydrogen (secondary N) is 1. The molecule has 6 heteroatoms. The maximum Gasteiger partial charge on any atom is 0.204 e. The number of nitrogens with zero attached hydrogens (tertiary/aromatic N) is 3. The van der Waals surface area contributed by atoms with Gasteiger partial charge in [0.2, 0.25) is 5.95 Å². The third-order valence-electron chi connectivity index (χ3n) is 4.12. The molecule has 0 fully saturated rings. The number of fused-ring (bicyclic) bond motifs is 1. The van der Waals surface area contributed by atoms with Crippen molar-refractivity contribution in [2.24, 2.45) is 0 Å². The van der Waals surface area contributed by atoms with E-state index < -0.39 is 0 Å². The third-order valence-corrected chi connectivity index (χ3v) is 4.12. The number of aryl methyl sites for hydroxylation is 1. The van der Waals surface area contributed by atoms with Gasteiger partial charge >= 0.3 is 0 Å². The molecule has 6 nitrogen and oxygen atoms in total. The summed E-state index contributed by atoms with van der Waals surface area (Å²) < 4.78 is 1.96. The number of carbonyl (C=O) groups is 1. The molecule has 3 aromatic rings. The van der Waals surface area contributed by atoms with E-state index in [1.54, 1.807) is 18.2 Å². The molecule has 0 aliphatic rings. The van der Waals surface area contributed by atoms with Crippen molar-refractivity contribution in [1.29, 1.82) is 0 Å². The van der Waals surface area contributed by atoms with Gasteiger partial charge in [-0.3, -0.25) is 9.78 Å². The summed E-state index contributed by atoms with van der Waals surface area (Å²) in [6, 6.07) is 8.83. The van der Waals surface area contributed by atoms with Gasteiger partial charge in [0.05, 0.1) is 17.6 Å². The average molecular weight is 338 g/mol. The number of aromatic hydroxyl groups is 1. The number of benzene rings is 1. The molecule has 0 saturated carbocycles. The minimum atomic E-state index is 0.151. The van der Waals surface area contributed by atoms with Gasteiger partial charge in [-0.25, -0.2) is 4.98 Å². The van der Waals surface area contributed by atoms with Crippen molar-refractivity contribution in [3.05, 3.63) is 47.3 Å². The van der Waals surface area contributed by atoms with E-state index in [4.69, 9.17) is 0 Å². The number of carbonyl (C=O) groups excluding carboxylic acids is 1. The first-order chi connectivity index (χ1) is 12.1. The summed E-state index contributed by atoms with van der Waals surface area (Å²) in [4.78, 5) is 20.2. The molecule has 1 aromatic carbocycles. The Labute approximate surface area is 146 Å². The van der Waals surface area contributed by atoms with Crippen LogP contribution in [0.5, 0.6) is 5.75 Å². The van der Waals surface area contributed by atoms with Gasteiger partial charge in [0.1, 0.15) is 17.7 Å². The van der Waals surface area contributed by atoms with E-state index in [9.17, 15) is 9.90 Å². The molecule has 2 N–H and O–H groups in total. The van der Waals surface area contributed by atoms with Crippen LogP contribution in [0, 0.1) is 6.92 Å². The molecule has 0 aliphatic carbocycles. The topological polar surface area (TPSA) is 80.0 Å². The van der Waals surface area contributed by atoms with E-state index >= 15 is 0 Å². The molecule has 0 saturated heterocycles. The largest absolute Gasteiger partial charge is 0.506 e. The van der Waals surface area contributed by atoms with E-state index in [2.05, 4.69) is 22.2 Å². The molecular formula is C19H22N4O2. The Kier molecular flexibility index (Phi) is 4.97. The molecule has 0 unspecified atom stereocenters. The van der Waals surface area contributed by atoms with Crippen LogP contribution >= 0.6 is 0 Å². The van der Waals surface area contributed by atoms with Crippen LogP contribution in [0.1, 0.15) is 41.5 Å². The van der Waals surface area contributed by atoms with Crippen molar-refractivity contribution in [1.82, 2.24) is 14.5 Å². The highest BCUT2D eigenvalue weighted by molar-refractivity contribution is 5.86. The second-order valence-corrected chi connectivity index (χ2v) is 6.09. The first-order valence-electron chi connectivity index (χ1n) is 8.47. The van der Waals surface area contributed by atoms with Gasteiger partial charge in [-0.2, -0.15) is 0 Å². The Bertz CT molecular complexity index is 902.